The average molecular weight is 304 g/mol. The van der Waals surface area contributed by atoms with Gasteiger partial charge in [0.05, 0.1) is 12.8 Å². The van der Waals surface area contributed by atoms with Crippen LogP contribution >= 0.6 is 11.8 Å². The Morgan fingerprint density at radius 3 is 2.62 bits per heavy atom. The van der Waals surface area contributed by atoms with Gasteiger partial charge in [-0.1, -0.05) is 25.6 Å². The number of nitrogens with zero attached hydrogens (tertiary/aromatic N) is 4. The molecule has 2 aromatic rings. The van der Waals surface area contributed by atoms with Gasteiger partial charge in [0.2, 0.25) is 5.16 Å². The summed E-state index contributed by atoms with van der Waals surface area (Å²) in [5, 5.41) is 13.3. The fourth-order valence-corrected chi connectivity index (χ4v) is 2.11. The molecule has 0 unspecified atom stereocenters. The lowest BCUT2D eigenvalue weighted by Crippen LogP contribution is -2.04. The van der Waals surface area contributed by atoms with Crippen molar-refractivity contribution in [2.45, 2.75) is 25.9 Å². The predicted molar refractivity (Wildman–Crippen MR) is 86.3 cm³/mol. The highest BCUT2D eigenvalue weighted by Gasteiger charge is 2.05. The number of hydrogen-bond acceptors (Lipinski definition) is 5. The highest BCUT2D eigenvalue weighted by atomic mass is 32.2. The van der Waals surface area contributed by atoms with Crippen LogP contribution in [0.1, 0.15) is 25.2 Å². The summed E-state index contributed by atoms with van der Waals surface area (Å²) in [6.45, 7) is 6.87. The van der Waals surface area contributed by atoms with Gasteiger partial charge in [0, 0.05) is 0 Å². The summed E-state index contributed by atoms with van der Waals surface area (Å²) in [5.41, 5.74) is 1.01. The summed E-state index contributed by atoms with van der Waals surface area (Å²) in [6, 6.07) is 7.88. The summed E-state index contributed by atoms with van der Waals surface area (Å²) in [7, 11) is 0. The molecular formula is C15H20N4OS. The van der Waals surface area contributed by atoms with Crippen LogP contribution < -0.4 is 4.74 Å². The van der Waals surface area contributed by atoms with E-state index in [4.69, 9.17) is 4.74 Å². The number of benzene rings is 1. The van der Waals surface area contributed by atoms with Gasteiger partial charge in [0.1, 0.15) is 5.75 Å². The molecule has 0 bridgehead atoms. The van der Waals surface area contributed by atoms with Gasteiger partial charge in [-0.15, -0.1) is 10.2 Å². The molecule has 0 fully saturated rings. The zero-order valence-corrected chi connectivity index (χ0v) is 13.6. The number of ether oxygens (including phenoxy) is 1. The molecule has 5 nitrogen and oxygen atoms in total. The minimum Gasteiger partial charge on any atom is -0.493 e. The largest absolute Gasteiger partial charge is 0.493 e. The lowest BCUT2D eigenvalue weighted by atomic mass is 10.2. The van der Waals surface area contributed by atoms with Crippen molar-refractivity contribution >= 4 is 18.0 Å². The van der Waals surface area contributed by atoms with Gasteiger partial charge in [-0.05, 0) is 48.9 Å². The van der Waals surface area contributed by atoms with Crippen LogP contribution in [0.3, 0.4) is 0 Å². The molecule has 21 heavy (non-hydrogen) atoms. The Labute approximate surface area is 129 Å². The van der Waals surface area contributed by atoms with E-state index in [9.17, 15) is 0 Å². The van der Waals surface area contributed by atoms with Crippen molar-refractivity contribution in [1.29, 1.82) is 0 Å². The van der Waals surface area contributed by atoms with E-state index >= 15 is 0 Å². The van der Waals surface area contributed by atoms with Crippen molar-refractivity contribution < 1.29 is 4.74 Å². The third kappa shape index (κ3) is 4.32. The van der Waals surface area contributed by atoms with E-state index in [-0.39, 0.29) is 0 Å². The lowest BCUT2D eigenvalue weighted by Gasteiger charge is -2.08. The van der Waals surface area contributed by atoms with Gasteiger partial charge in [-0.2, -0.15) is 9.78 Å². The third-order valence-corrected chi connectivity index (χ3v) is 3.36. The van der Waals surface area contributed by atoms with Crippen molar-refractivity contribution in [3.8, 4) is 5.75 Å². The fraction of sp³-hybridized carbons (Fsp3) is 0.400. The van der Waals surface area contributed by atoms with Crippen LogP contribution in [-0.2, 0) is 0 Å². The molecular weight excluding hydrogens is 284 g/mol. The van der Waals surface area contributed by atoms with Gasteiger partial charge in [-0.3, -0.25) is 0 Å². The van der Waals surface area contributed by atoms with E-state index in [1.54, 1.807) is 10.9 Å². The number of hydrogen-bond donors (Lipinski definition) is 0. The maximum atomic E-state index is 5.66. The molecule has 6 heteroatoms. The predicted octanol–water partition coefficient (Wildman–Crippen LogP) is 3.23. The maximum absolute atomic E-state index is 5.66. The van der Waals surface area contributed by atoms with Crippen LogP contribution in [0, 0.1) is 12.8 Å². The molecule has 0 atom stereocenters. The molecule has 0 aliphatic rings. The molecule has 0 spiro atoms. The quantitative estimate of drug-likeness (QED) is 0.607. The van der Waals surface area contributed by atoms with Gasteiger partial charge >= 0.3 is 0 Å². The first-order chi connectivity index (χ1) is 10.1. The summed E-state index contributed by atoms with van der Waals surface area (Å²) < 4.78 is 7.39. The third-order valence-electron chi connectivity index (χ3n) is 2.74. The Hall–Kier alpha value is -1.82. The summed E-state index contributed by atoms with van der Waals surface area (Å²) >= 11 is 1.52. The van der Waals surface area contributed by atoms with Crippen molar-refractivity contribution in [3.63, 3.8) is 0 Å². The highest BCUT2D eigenvalue weighted by molar-refractivity contribution is 7.98. The Morgan fingerprint density at radius 1 is 1.29 bits per heavy atom. The molecule has 0 radical (unpaired) electrons. The summed E-state index contributed by atoms with van der Waals surface area (Å²) in [6.07, 6.45) is 3.75. The molecule has 1 heterocycles. The number of rotatable bonds is 6. The fourth-order valence-electron chi connectivity index (χ4n) is 1.64. The summed E-state index contributed by atoms with van der Waals surface area (Å²) in [5.74, 6) is 2.17. The first kappa shape index (κ1) is 15.6. The molecule has 0 N–H and O–H groups in total. The Morgan fingerprint density at radius 2 is 2.00 bits per heavy atom. The van der Waals surface area contributed by atoms with Crippen molar-refractivity contribution in [2.24, 2.45) is 11.0 Å². The topological polar surface area (TPSA) is 52.3 Å². The Bertz CT molecular complexity index is 605. The minimum atomic E-state index is 0.521. The van der Waals surface area contributed by atoms with E-state index in [0.29, 0.717) is 5.92 Å². The zero-order valence-electron chi connectivity index (χ0n) is 12.8. The number of thioether (sulfide) groups is 1. The molecule has 0 aliphatic heterocycles. The number of aryl methyl sites for hydroxylation is 1. The van der Waals surface area contributed by atoms with E-state index < -0.39 is 0 Å². The normalized spacial score (nSPS) is 11.5. The van der Waals surface area contributed by atoms with Crippen LogP contribution in [0.2, 0.25) is 0 Å². The molecule has 0 amide bonds. The molecule has 0 saturated heterocycles. The first-order valence-corrected chi connectivity index (χ1v) is 8.06. The van der Waals surface area contributed by atoms with Gasteiger partial charge in [-0.25, -0.2) is 0 Å². The van der Waals surface area contributed by atoms with Gasteiger partial charge in [0.15, 0.2) is 5.82 Å². The van der Waals surface area contributed by atoms with E-state index in [1.807, 2.05) is 37.4 Å². The molecule has 0 saturated carbocycles. The minimum absolute atomic E-state index is 0.521. The second-order valence-corrected chi connectivity index (χ2v) is 5.84. The zero-order chi connectivity index (χ0) is 15.2. The molecule has 1 aromatic heterocycles. The standard InChI is InChI=1S/C15H20N4OS/c1-11(2)10-20-14-7-5-13(6-8-14)9-16-19-12(3)17-18-15(19)21-4/h5-9,11H,10H2,1-4H3/b16-9-. The smallest absolute Gasteiger partial charge is 0.211 e. The van der Waals surface area contributed by atoms with Crippen LogP contribution in [0.5, 0.6) is 5.75 Å². The van der Waals surface area contributed by atoms with Crippen LogP contribution in [-0.4, -0.2) is 34.0 Å². The van der Waals surface area contributed by atoms with E-state index in [1.165, 1.54) is 11.8 Å². The highest BCUT2D eigenvalue weighted by Crippen LogP contribution is 2.14. The van der Waals surface area contributed by atoms with Crippen molar-refractivity contribution in [3.05, 3.63) is 35.7 Å². The molecule has 112 valence electrons. The van der Waals surface area contributed by atoms with Crippen molar-refractivity contribution in [2.75, 3.05) is 12.9 Å². The van der Waals surface area contributed by atoms with Crippen LogP contribution in [0.15, 0.2) is 34.5 Å². The second-order valence-electron chi connectivity index (χ2n) is 5.06. The lowest BCUT2D eigenvalue weighted by molar-refractivity contribution is 0.271. The van der Waals surface area contributed by atoms with E-state index in [2.05, 4.69) is 29.1 Å². The Balaban J connectivity index is 2.06. The maximum Gasteiger partial charge on any atom is 0.211 e. The van der Waals surface area contributed by atoms with Gasteiger partial charge < -0.3 is 4.74 Å². The Kier molecular flexibility index (Phi) is 5.38. The SMILES string of the molecule is CSc1nnc(C)n1/N=C\c1ccc(OCC(C)C)cc1. The molecule has 0 aliphatic carbocycles. The monoisotopic (exact) mass is 304 g/mol. The molecule has 1 aromatic carbocycles. The molecule has 2 rings (SSSR count). The number of aromatic nitrogens is 3. The second kappa shape index (κ2) is 7.26. The van der Waals surface area contributed by atoms with Crippen molar-refractivity contribution in [1.82, 2.24) is 14.9 Å². The first-order valence-electron chi connectivity index (χ1n) is 6.83. The van der Waals surface area contributed by atoms with E-state index in [0.717, 1.165) is 28.9 Å². The van der Waals surface area contributed by atoms with Crippen LogP contribution in [0.4, 0.5) is 0 Å². The summed E-state index contributed by atoms with van der Waals surface area (Å²) in [4.78, 5) is 0. The van der Waals surface area contributed by atoms with Crippen LogP contribution in [0.25, 0.3) is 0 Å². The average Bonchev–Trinajstić information content (AvgIpc) is 2.84. The van der Waals surface area contributed by atoms with Gasteiger partial charge in [0.25, 0.3) is 0 Å².